The highest BCUT2D eigenvalue weighted by molar-refractivity contribution is 6.09. The molecular formula is C16H23N3O3. The first-order valence-corrected chi connectivity index (χ1v) is 7.27. The fourth-order valence-electron chi connectivity index (χ4n) is 1.84. The summed E-state index contributed by atoms with van der Waals surface area (Å²) in [7, 11) is 0. The van der Waals surface area contributed by atoms with Gasteiger partial charge >= 0.3 is 5.97 Å². The third kappa shape index (κ3) is 5.95. The number of allylic oxidation sites excluding steroid dienone is 5. The van der Waals surface area contributed by atoms with Crippen molar-refractivity contribution in [2.24, 2.45) is 10.8 Å². The van der Waals surface area contributed by atoms with Crippen molar-refractivity contribution in [2.45, 2.75) is 33.1 Å². The number of carbonyl (C=O) groups is 2. The predicted octanol–water partition coefficient (Wildman–Crippen LogP) is 1.89. The van der Waals surface area contributed by atoms with Crippen LogP contribution in [-0.4, -0.2) is 35.7 Å². The lowest BCUT2D eigenvalue weighted by atomic mass is 10.2. The second kappa shape index (κ2) is 8.81. The molecule has 2 N–H and O–H groups in total. The van der Waals surface area contributed by atoms with E-state index in [1.807, 2.05) is 6.92 Å². The van der Waals surface area contributed by atoms with Crippen LogP contribution in [0.3, 0.4) is 0 Å². The highest BCUT2D eigenvalue weighted by Crippen LogP contribution is 2.12. The number of esters is 1. The van der Waals surface area contributed by atoms with Gasteiger partial charge in [0.05, 0.1) is 24.4 Å². The molecule has 1 fully saturated rings. The summed E-state index contributed by atoms with van der Waals surface area (Å²) in [6.07, 6.45) is 6.30. The summed E-state index contributed by atoms with van der Waals surface area (Å²) in [4.78, 5) is 23.3. The van der Waals surface area contributed by atoms with Crippen LogP contribution in [0.4, 0.5) is 0 Å². The van der Waals surface area contributed by atoms with Crippen LogP contribution in [-0.2, 0) is 14.3 Å². The molecule has 0 aliphatic carbocycles. The summed E-state index contributed by atoms with van der Waals surface area (Å²) in [6, 6.07) is 0. The smallest absolute Gasteiger partial charge is 0.312 e. The van der Waals surface area contributed by atoms with Gasteiger partial charge < -0.3 is 10.5 Å². The van der Waals surface area contributed by atoms with Gasteiger partial charge in [0.1, 0.15) is 0 Å². The van der Waals surface area contributed by atoms with Gasteiger partial charge in [0.25, 0.3) is 0 Å². The van der Waals surface area contributed by atoms with Gasteiger partial charge in [0.15, 0.2) is 0 Å². The van der Waals surface area contributed by atoms with Crippen molar-refractivity contribution in [3.63, 3.8) is 0 Å². The molecule has 1 heterocycles. The molecule has 1 amide bonds. The Kier molecular flexibility index (Phi) is 7.08. The van der Waals surface area contributed by atoms with Crippen LogP contribution in [0.25, 0.3) is 0 Å². The molecule has 1 aliphatic rings. The Balaban J connectivity index is 2.94. The van der Waals surface area contributed by atoms with Gasteiger partial charge in [-0.1, -0.05) is 24.3 Å². The van der Waals surface area contributed by atoms with Crippen LogP contribution >= 0.6 is 0 Å². The fourth-order valence-corrected chi connectivity index (χ4v) is 1.84. The lowest BCUT2D eigenvalue weighted by molar-refractivity contribution is -0.141. The highest BCUT2D eigenvalue weighted by Gasteiger charge is 2.21. The first kappa shape index (κ1) is 17.7. The van der Waals surface area contributed by atoms with Crippen molar-refractivity contribution < 1.29 is 14.3 Å². The molecule has 120 valence electrons. The molecule has 1 saturated heterocycles. The Morgan fingerprint density at radius 2 is 2.27 bits per heavy atom. The van der Waals surface area contributed by atoms with Crippen LogP contribution in [0.1, 0.15) is 33.1 Å². The maximum Gasteiger partial charge on any atom is 0.312 e. The van der Waals surface area contributed by atoms with Gasteiger partial charge in [-0.05, 0) is 26.3 Å². The Bertz CT molecular complexity index is 533. The molecule has 22 heavy (non-hydrogen) atoms. The van der Waals surface area contributed by atoms with Gasteiger partial charge in [-0.25, -0.2) is 5.01 Å². The van der Waals surface area contributed by atoms with Crippen molar-refractivity contribution in [1.29, 1.82) is 0 Å². The molecule has 1 aliphatic heterocycles. The summed E-state index contributed by atoms with van der Waals surface area (Å²) in [6.45, 7) is 8.16. The number of ether oxygens (including phenoxy) is 1. The van der Waals surface area contributed by atoms with E-state index >= 15 is 0 Å². The van der Waals surface area contributed by atoms with E-state index in [2.05, 4.69) is 11.7 Å². The standard InChI is InChI=1S/C16H23N3O3/c1-4-22-16(21)11-14(13(17)8-5-7-12(2)3)18-19-10-6-9-15(19)20/h5,7-8H,2,4,6,9-11,17H2,1,3H3/b7-5-,13-8-,18-14+. The van der Waals surface area contributed by atoms with E-state index in [0.717, 1.165) is 12.0 Å². The van der Waals surface area contributed by atoms with E-state index in [0.29, 0.717) is 24.4 Å². The summed E-state index contributed by atoms with van der Waals surface area (Å²) in [5.41, 5.74) is 7.51. The van der Waals surface area contributed by atoms with E-state index in [-0.39, 0.29) is 18.9 Å². The van der Waals surface area contributed by atoms with Crippen molar-refractivity contribution in [1.82, 2.24) is 5.01 Å². The molecule has 0 aromatic carbocycles. The highest BCUT2D eigenvalue weighted by atomic mass is 16.5. The zero-order valence-electron chi connectivity index (χ0n) is 13.2. The Morgan fingerprint density at radius 1 is 1.55 bits per heavy atom. The minimum absolute atomic E-state index is 0.0633. The number of nitrogens with two attached hydrogens (primary N) is 1. The number of hydrogen-bond donors (Lipinski definition) is 1. The van der Waals surface area contributed by atoms with Crippen molar-refractivity contribution in [3.05, 3.63) is 36.1 Å². The van der Waals surface area contributed by atoms with Crippen molar-refractivity contribution >= 4 is 17.6 Å². The molecule has 0 aromatic rings. The summed E-state index contributed by atoms with van der Waals surface area (Å²) < 4.78 is 4.92. The maximum absolute atomic E-state index is 11.7. The Hall–Kier alpha value is -2.37. The molecule has 0 spiro atoms. The molecule has 0 saturated carbocycles. The molecule has 0 atom stereocenters. The summed E-state index contributed by atoms with van der Waals surface area (Å²) in [5.74, 6) is -0.486. The van der Waals surface area contributed by atoms with E-state index in [4.69, 9.17) is 10.5 Å². The third-order valence-electron chi connectivity index (χ3n) is 2.90. The van der Waals surface area contributed by atoms with E-state index < -0.39 is 5.97 Å². The number of carbonyl (C=O) groups excluding carboxylic acids is 2. The van der Waals surface area contributed by atoms with E-state index in [9.17, 15) is 9.59 Å². The summed E-state index contributed by atoms with van der Waals surface area (Å²) >= 11 is 0. The quantitative estimate of drug-likeness (QED) is 0.442. The average Bonchev–Trinajstić information content (AvgIpc) is 2.83. The van der Waals surface area contributed by atoms with Crippen molar-refractivity contribution in [2.75, 3.05) is 13.2 Å². The Morgan fingerprint density at radius 3 is 2.82 bits per heavy atom. The minimum Gasteiger partial charge on any atom is -0.466 e. The zero-order chi connectivity index (χ0) is 16.5. The lowest BCUT2D eigenvalue weighted by Gasteiger charge is -2.12. The van der Waals surface area contributed by atoms with Gasteiger partial charge in [0.2, 0.25) is 5.91 Å². The molecule has 0 aromatic heterocycles. The predicted molar refractivity (Wildman–Crippen MR) is 85.9 cm³/mol. The molecule has 1 rings (SSSR count). The van der Waals surface area contributed by atoms with Gasteiger partial charge in [-0.2, -0.15) is 5.10 Å². The number of hydrogen-bond acceptors (Lipinski definition) is 5. The van der Waals surface area contributed by atoms with Crippen LogP contribution in [0.5, 0.6) is 0 Å². The van der Waals surface area contributed by atoms with Crippen LogP contribution in [0, 0.1) is 0 Å². The normalized spacial score (nSPS) is 16.5. The molecule has 0 bridgehead atoms. The zero-order valence-corrected chi connectivity index (χ0v) is 13.2. The monoisotopic (exact) mass is 305 g/mol. The van der Waals surface area contributed by atoms with Crippen LogP contribution < -0.4 is 5.73 Å². The number of hydrazone groups is 1. The number of rotatable bonds is 7. The lowest BCUT2D eigenvalue weighted by Crippen LogP contribution is -2.25. The SMILES string of the molecule is C=C(C)\C=C/C=C(N)/C(CC(=O)OCC)=N/N1CCCC1=O. The largest absolute Gasteiger partial charge is 0.466 e. The van der Waals surface area contributed by atoms with E-state index in [1.54, 1.807) is 25.2 Å². The first-order chi connectivity index (χ1) is 10.4. The van der Waals surface area contributed by atoms with Gasteiger partial charge in [0, 0.05) is 13.0 Å². The molecule has 0 unspecified atom stereocenters. The van der Waals surface area contributed by atoms with Crippen LogP contribution in [0.15, 0.2) is 41.2 Å². The fraction of sp³-hybridized carbons (Fsp3) is 0.438. The average molecular weight is 305 g/mol. The van der Waals surface area contributed by atoms with E-state index in [1.165, 1.54) is 5.01 Å². The summed E-state index contributed by atoms with van der Waals surface area (Å²) in [5, 5.41) is 5.59. The first-order valence-electron chi connectivity index (χ1n) is 7.27. The molecular weight excluding hydrogens is 282 g/mol. The second-order valence-corrected chi connectivity index (χ2v) is 4.98. The molecule has 0 radical (unpaired) electrons. The number of amides is 1. The van der Waals surface area contributed by atoms with Gasteiger partial charge in [-0.3, -0.25) is 9.59 Å². The van der Waals surface area contributed by atoms with Crippen molar-refractivity contribution in [3.8, 4) is 0 Å². The topological polar surface area (TPSA) is 85.0 Å². The third-order valence-corrected chi connectivity index (χ3v) is 2.90. The number of nitrogens with zero attached hydrogens (tertiary/aromatic N) is 2. The van der Waals surface area contributed by atoms with Crippen LogP contribution in [0.2, 0.25) is 0 Å². The Labute approximate surface area is 131 Å². The molecule has 6 heteroatoms. The minimum atomic E-state index is -0.423. The van der Waals surface area contributed by atoms with Gasteiger partial charge in [-0.15, -0.1) is 0 Å². The second-order valence-electron chi connectivity index (χ2n) is 4.98. The maximum atomic E-state index is 11.7. The molecule has 6 nitrogen and oxygen atoms in total.